The van der Waals surface area contributed by atoms with Crippen molar-refractivity contribution in [3.63, 3.8) is 0 Å². The molecule has 21 heavy (non-hydrogen) atoms. The van der Waals surface area contributed by atoms with Crippen LogP contribution in [-0.2, 0) is 9.59 Å². The van der Waals surface area contributed by atoms with Gasteiger partial charge in [0.05, 0.1) is 5.41 Å². The predicted octanol–water partition coefficient (Wildman–Crippen LogP) is 1.66. The van der Waals surface area contributed by atoms with Crippen LogP contribution >= 0.6 is 0 Å². The SMILES string of the molecule is CC1CCC(CN)(C(=O)NC(C)(C(=O)O)C(F)(F)F)CC1. The highest BCUT2D eigenvalue weighted by Crippen LogP contribution is 2.40. The molecule has 0 aromatic carbocycles. The highest BCUT2D eigenvalue weighted by molar-refractivity contribution is 5.90. The van der Waals surface area contributed by atoms with Gasteiger partial charge in [0.2, 0.25) is 11.4 Å². The minimum Gasteiger partial charge on any atom is -0.479 e. The van der Waals surface area contributed by atoms with E-state index in [4.69, 9.17) is 10.8 Å². The molecule has 1 atom stereocenters. The lowest BCUT2D eigenvalue weighted by atomic mass is 9.70. The fraction of sp³-hybridized carbons (Fsp3) is 0.846. The number of carboxylic acids is 1. The Labute approximate surface area is 121 Å². The second-order valence-corrected chi connectivity index (χ2v) is 6.05. The zero-order valence-corrected chi connectivity index (χ0v) is 12.1. The molecule has 0 bridgehead atoms. The molecule has 0 aliphatic heterocycles. The summed E-state index contributed by atoms with van der Waals surface area (Å²) in [6.07, 6.45) is -3.00. The molecule has 8 heteroatoms. The van der Waals surface area contributed by atoms with Gasteiger partial charge < -0.3 is 16.2 Å². The van der Waals surface area contributed by atoms with Gasteiger partial charge in [-0.3, -0.25) is 4.79 Å². The summed E-state index contributed by atoms with van der Waals surface area (Å²) in [4.78, 5) is 23.2. The lowest BCUT2D eigenvalue weighted by Crippen LogP contribution is -2.65. The van der Waals surface area contributed by atoms with Crippen molar-refractivity contribution < 1.29 is 27.9 Å². The molecule has 1 unspecified atom stereocenters. The van der Waals surface area contributed by atoms with Crippen LogP contribution in [0.1, 0.15) is 39.5 Å². The van der Waals surface area contributed by atoms with E-state index in [0.29, 0.717) is 38.5 Å². The predicted molar refractivity (Wildman–Crippen MR) is 69.4 cm³/mol. The normalized spacial score (nSPS) is 29.5. The third-order valence-corrected chi connectivity index (χ3v) is 4.46. The third-order valence-electron chi connectivity index (χ3n) is 4.46. The number of nitrogens with two attached hydrogens (primary N) is 1. The highest BCUT2D eigenvalue weighted by Gasteiger charge is 2.59. The summed E-state index contributed by atoms with van der Waals surface area (Å²) >= 11 is 0. The van der Waals surface area contributed by atoms with Gasteiger partial charge in [-0.15, -0.1) is 0 Å². The highest BCUT2D eigenvalue weighted by atomic mass is 19.4. The first-order valence-corrected chi connectivity index (χ1v) is 6.81. The van der Waals surface area contributed by atoms with E-state index in [1.807, 2.05) is 6.92 Å². The van der Waals surface area contributed by atoms with E-state index < -0.39 is 29.0 Å². The Hall–Kier alpha value is -1.31. The van der Waals surface area contributed by atoms with Crippen LogP contribution in [0, 0.1) is 11.3 Å². The second-order valence-electron chi connectivity index (χ2n) is 6.05. The Kier molecular flexibility index (Phi) is 4.92. The molecule has 1 fully saturated rings. The molecule has 0 aromatic heterocycles. The summed E-state index contributed by atoms with van der Waals surface area (Å²) in [5.74, 6) is -2.69. The molecule has 0 radical (unpaired) electrons. The monoisotopic (exact) mass is 310 g/mol. The molecule has 5 nitrogen and oxygen atoms in total. The number of hydrogen-bond acceptors (Lipinski definition) is 3. The molecule has 1 aliphatic carbocycles. The zero-order chi connectivity index (χ0) is 16.5. The summed E-state index contributed by atoms with van der Waals surface area (Å²) in [6, 6.07) is 0. The number of carbonyl (C=O) groups is 2. The van der Waals surface area contributed by atoms with E-state index in [0.717, 1.165) is 0 Å². The van der Waals surface area contributed by atoms with Crippen molar-refractivity contribution in [1.82, 2.24) is 5.32 Å². The Morgan fingerprint density at radius 1 is 1.33 bits per heavy atom. The average molecular weight is 310 g/mol. The number of carbonyl (C=O) groups excluding carboxylic acids is 1. The van der Waals surface area contributed by atoms with Crippen LogP contribution in [0.2, 0.25) is 0 Å². The van der Waals surface area contributed by atoms with Gasteiger partial charge in [0.1, 0.15) is 0 Å². The molecule has 1 aliphatic rings. The number of amides is 1. The lowest BCUT2D eigenvalue weighted by Gasteiger charge is -2.39. The van der Waals surface area contributed by atoms with Crippen LogP contribution in [0.25, 0.3) is 0 Å². The van der Waals surface area contributed by atoms with Crippen molar-refractivity contribution >= 4 is 11.9 Å². The average Bonchev–Trinajstić information content (AvgIpc) is 2.38. The van der Waals surface area contributed by atoms with Gasteiger partial charge in [0, 0.05) is 6.54 Å². The van der Waals surface area contributed by atoms with Gasteiger partial charge in [-0.25, -0.2) is 4.79 Å². The fourth-order valence-corrected chi connectivity index (χ4v) is 2.44. The molecule has 1 saturated carbocycles. The number of hydrogen-bond donors (Lipinski definition) is 3. The summed E-state index contributed by atoms with van der Waals surface area (Å²) in [7, 11) is 0. The minimum atomic E-state index is -5.09. The van der Waals surface area contributed by atoms with Crippen molar-refractivity contribution in [1.29, 1.82) is 0 Å². The largest absolute Gasteiger partial charge is 0.479 e. The number of nitrogens with one attached hydrogen (secondary N) is 1. The van der Waals surface area contributed by atoms with Gasteiger partial charge >= 0.3 is 12.1 Å². The van der Waals surface area contributed by atoms with Crippen LogP contribution in [0.4, 0.5) is 13.2 Å². The number of carboxylic acid groups (broad SMARTS) is 1. The van der Waals surface area contributed by atoms with Crippen LogP contribution in [-0.4, -0.2) is 35.2 Å². The molecule has 0 aromatic rings. The Balaban J connectivity index is 2.99. The van der Waals surface area contributed by atoms with E-state index in [9.17, 15) is 22.8 Å². The van der Waals surface area contributed by atoms with Crippen molar-refractivity contribution in [3.8, 4) is 0 Å². The van der Waals surface area contributed by atoms with Gasteiger partial charge in [0.15, 0.2) is 0 Å². The molecular formula is C13H21F3N2O3. The molecule has 0 saturated heterocycles. The summed E-state index contributed by atoms with van der Waals surface area (Å²) in [6.45, 7) is 2.34. The lowest BCUT2D eigenvalue weighted by molar-refractivity contribution is -0.208. The maximum absolute atomic E-state index is 12.9. The van der Waals surface area contributed by atoms with E-state index in [1.165, 1.54) is 0 Å². The Morgan fingerprint density at radius 2 is 1.81 bits per heavy atom. The number of halogens is 3. The molecule has 122 valence electrons. The molecule has 0 heterocycles. The Bertz CT molecular complexity index is 417. The van der Waals surface area contributed by atoms with Crippen molar-refractivity contribution in [2.45, 2.75) is 51.2 Å². The van der Waals surface area contributed by atoms with Crippen LogP contribution in [0.15, 0.2) is 0 Å². The molecular weight excluding hydrogens is 289 g/mol. The smallest absolute Gasteiger partial charge is 0.422 e. The number of rotatable bonds is 4. The maximum Gasteiger partial charge on any atom is 0.422 e. The second kappa shape index (κ2) is 5.82. The third kappa shape index (κ3) is 3.30. The van der Waals surface area contributed by atoms with Gasteiger partial charge in [0.25, 0.3) is 0 Å². The minimum absolute atomic E-state index is 0.0981. The first kappa shape index (κ1) is 17.7. The van der Waals surface area contributed by atoms with E-state index >= 15 is 0 Å². The van der Waals surface area contributed by atoms with Crippen molar-refractivity contribution in [2.75, 3.05) is 6.54 Å². The van der Waals surface area contributed by atoms with Crippen molar-refractivity contribution in [2.24, 2.45) is 17.1 Å². The van der Waals surface area contributed by atoms with Crippen LogP contribution < -0.4 is 11.1 Å². The van der Waals surface area contributed by atoms with E-state index in [1.54, 1.807) is 5.32 Å². The first-order chi connectivity index (χ1) is 9.48. The van der Waals surface area contributed by atoms with Gasteiger partial charge in [-0.1, -0.05) is 6.92 Å². The molecule has 1 amide bonds. The maximum atomic E-state index is 12.9. The van der Waals surface area contributed by atoms with Gasteiger partial charge in [-0.2, -0.15) is 13.2 Å². The number of aliphatic carboxylic acids is 1. The molecule has 4 N–H and O–H groups in total. The van der Waals surface area contributed by atoms with Crippen LogP contribution in [0.5, 0.6) is 0 Å². The molecule has 0 spiro atoms. The summed E-state index contributed by atoms with van der Waals surface area (Å²) < 4.78 is 38.8. The van der Waals surface area contributed by atoms with Crippen LogP contribution in [0.3, 0.4) is 0 Å². The zero-order valence-electron chi connectivity index (χ0n) is 12.1. The van der Waals surface area contributed by atoms with E-state index in [-0.39, 0.29) is 6.54 Å². The quantitative estimate of drug-likeness (QED) is 0.736. The van der Waals surface area contributed by atoms with E-state index in [2.05, 4.69) is 0 Å². The fourth-order valence-electron chi connectivity index (χ4n) is 2.44. The summed E-state index contributed by atoms with van der Waals surface area (Å²) in [5, 5.41) is 10.5. The number of alkyl halides is 3. The molecule has 1 rings (SSSR count). The topological polar surface area (TPSA) is 92.4 Å². The summed E-state index contributed by atoms with van der Waals surface area (Å²) in [5.41, 5.74) is 1.17. The van der Waals surface area contributed by atoms with Crippen molar-refractivity contribution in [3.05, 3.63) is 0 Å². The standard InChI is InChI=1S/C13H21F3N2O3/c1-8-3-5-12(7-17,6-4-8)9(19)18-11(2,10(20)21)13(14,15)16/h8H,3-7,17H2,1-2H3,(H,18,19)(H,20,21). The first-order valence-electron chi connectivity index (χ1n) is 6.81. The Morgan fingerprint density at radius 3 is 2.14 bits per heavy atom. The van der Waals surface area contributed by atoms with Gasteiger partial charge in [-0.05, 0) is 38.5 Å².